The molecule has 0 spiro atoms. The van der Waals surface area contributed by atoms with Crippen molar-refractivity contribution in [2.45, 2.75) is 0 Å². The molecule has 0 N–H and O–H groups in total. The molecule has 28 heavy (non-hydrogen) atoms. The fraction of sp³-hybridized carbons (Fsp3) is 0. The molecule has 0 saturated heterocycles. The zero-order chi connectivity index (χ0) is 19.3. The minimum atomic E-state index is 0.397. The van der Waals surface area contributed by atoms with Crippen molar-refractivity contribution in [3.63, 3.8) is 0 Å². The highest BCUT2D eigenvalue weighted by molar-refractivity contribution is 5.74. The molecule has 4 aromatic rings. The summed E-state index contributed by atoms with van der Waals surface area (Å²) in [5.74, 6) is 0. The Morgan fingerprint density at radius 1 is 0.464 bits per heavy atom. The van der Waals surface area contributed by atoms with E-state index in [-0.39, 0.29) is 0 Å². The first-order valence-corrected chi connectivity index (χ1v) is 8.52. The predicted molar refractivity (Wildman–Crippen MR) is 105 cm³/mol. The molecule has 0 aromatic carbocycles. The van der Waals surface area contributed by atoms with Gasteiger partial charge in [0.2, 0.25) is 0 Å². The maximum Gasteiger partial charge on any atom is 0.168 e. The Morgan fingerprint density at radius 3 is 1.07 bits per heavy atom. The Kier molecular flexibility index (Phi) is 4.76. The molecule has 0 saturated carbocycles. The molecule has 6 heteroatoms. The highest BCUT2D eigenvalue weighted by atomic mass is 16.1. The lowest BCUT2D eigenvalue weighted by Crippen LogP contribution is -1.91. The summed E-state index contributed by atoms with van der Waals surface area (Å²) in [6.45, 7) is 0. The first-order chi connectivity index (χ1) is 13.8. The summed E-state index contributed by atoms with van der Waals surface area (Å²) in [7, 11) is 0. The number of rotatable bonds is 5. The minimum Gasteiger partial charge on any atom is -0.296 e. The van der Waals surface area contributed by atoms with Crippen molar-refractivity contribution in [1.29, 1.82) is 0 Å². The fourth-order valence-corrected chi connectivity index (χ4v) is 2.72. The third-order valence-electron chi connectivity index (χ3n) is 4.27. The molecular formula is C22H14N4O2. The third kappa shape index (κ3) is 3.57. The molecule has 0 fully saturated rings. The molecule has 0 aliphatic heterocycles. The maximum atomic E-state index is 10.7. The van der Waals surface area contributed by atoms with Crippen LogP contribution in [0.25, 0.3) is 33.6 Å². The fourth-order valence-electron chi connectivity index (χ4n) is 2.72. The molecule has 6 nitrogen and oxygen atoms in total. The van der Waals surface area contributed by atoms with E-state index >= 15 is 0 Å². The number of aldehydes is 2. The molecule has 0 unspecified atom stereocenters. The Morgan fingerprint density at radius 2 is 0.821 bits per heavy atom. The summed E-state index contributed by atoms with van der Waals surface area (Å²) in [6.07, 6.45) is 8.24. The lowest BCUT2D eigenvalue weighted by molar-refractivity contribution is 0.111. The van der Waals surface area contributed by atoms with Gasteiger partial charge in [-0.15, -0.1) is 0 Å². The summed E-state index contributed by atoms with van der Waals surface area (Å²) in [4.78, 5) is 38.5. The van der Waals surface area contributed by atoms with E-state index in [0.29, 0.717) is 24.0 Å². The van der Waals surface area contributed by atoms with Gasteiger partial charge in [-0.1, -0.05) is 24.3 Å². The van der Waals surface area contributed by atoms with Gasteiger partial charge >= 0.3 is 0 Å². The lowest BCUT2D eigenvalue weighted by atomic mass is 10.1. The van der Waals surface area contributed by atoms with Crippen LogP contribution in [-0.2, 0) is 0 Å². The second-order valence-electron chi connectivity index (χ2n) is 6.04. The van der Waals surface area contributed by atoms with Crippen molar-refractivity contribution in [2.75, 3.05) is 0 Å². The summed E-state index contributed by atoms with van der Waals surface area (Å²) in [6, 6.07) is 14.7. The first kappa shape index (κ1) is 17.4. The number of carbonyl (C=O) groups is 2. The van der Waals surface area contributed by atoms with Gasteiger partial charge in [-0.25, -0.2) is 0 Å². The van der Waals surface area contributed by atoms with Crippen LogP contribution in [0.15, 0.2) is 73.3 Å². The van der Waals surface area contributed by atoms with Gasteiger partial charge in [0.1, 0.15) is 11.4 Å². The highest BCUT2D eigenvalue weighted by Crippen LogP contribution is 2.23. The van der Waals surface area contributed by atoms with Gasteiger partial charge in [0.05, 0.1) is 11.4 Å². The summed E-state index contributed by atoms with van der Waals surface area (Å²) >= 11 is 0. The minimum absolute atomic E-state index is 0.397. The third-order valence-corrected chi connectivity index (χ3v) is 4.27. The van der Waals surface area contributed by atoms with E-state index in [1.165, 1.54) is 0 Å². The monoisotopic (exact) mass is 366 g/mol. The standard InChI is InChI=1S/C22H14N4O2/c27-13-19-5-1-15(9-23-19)17-3-7-21(25-11-17)22-8-4-18(12-26-22)16-2-6-20(14-28)24-10-16/h1-14H. The molecule has 0 radical (unpaired) electrons. The molecule has 4 aromatic heterocycles. The van der Waals surface area contributed by atoms with Crippen molar-refractivity contribution in [3.05, 3.63) is 84.7 Å². The molecule has 134 valence electrons. The summed E-state index contributed by atoms with van der Waals surface area (Å²) in [5, 5.41) is 0. The van der Waals surface area contributed by atoms with Gasteiger partial charge in [-0.2, -0.15) is 0 Å². The number of hydrogen-bond acceptors (Lipinski definition) is 6. The number of nitrogens with zero attached hydrogens (tertiary/aromatic N) is 4. The lowest BCUT2D eigenvalue weighted by Gasteiger charge is -2.05. The molecular weight excluding hydrogens is 352 g/mol. The predicted octanol–water partition coefficient (Wildman–Crippen LogP) is 3.89. The molecule has 0 aliphatic rings. The molecule has 4 heterocycles. The summed E-state index contributed by atoms with van der Waals surface area (Å²) < 4.78 is 0. The zero-order valence-electron chi connectivity index (χ0n) is 14.7. The molecule has 4 rings (SSSR count). The quantitative estimate of drug-likeness (QED) is 0.498. The van der Waals surface area contributed by atoms with E-state index in [1.807, 2.05) is 36.4 Å². The van der Waals surface area contributed by atoms with Gasteiger partial charge in [0.25, 0.3) is 0 Å². The van der Waals surface area contributed by atoms with Crippen LogP contribution in [0.3, 0.4) is 0 Å². The van der Waals surface area contributed by atoms with E-state index < -0.39 is 0 Å². The van der Waals surface area contributed by atoms with Gasteiger partial charge in [0, 0.05) is 47.0 Å². The number of aromatic nitrogens is 4. The van der Waals surface area contributed by atoms with Gasteiger partial charge in [0.15, 0.2) is 12.6 Å². The van der Waals surface area contributed by atoms with Crippen molar-refractivity contribution >= 4 is 12.6 Å². The van der Waals surface area contributed by atoms with Crippen LogP contribution in [0.1, 0.15) is 21.0 Å². The molecule has 0 bridgehead atoms. The number of pyridine rings is 4. The van der Waals surface area contributed by atoms with Crippen molar-refractivity contribution < 1.29 is 9.59 Å². The molecule has 0 amide bonds. The van der Waals surface area contributed by atoms with E-state index in [0.717, 1.165) is 33.6 Å². The van der Waals surface area contributed by atoms with Crippen molar-refractivity contribution in [2.24, 2.45) is 0 Å². The van der Waals surface area contributed by atoms with Crippen LogP contribution in [0.5, 0.6) is 0 Å². The SMILES string of the molecule is O=Cc1ccc(-c2ccc(-c3ccc(-c4ccc(C=O)nc4)cn3)nc2)cn1. The maximum absolute atomic E-state index is 10.7. The normalized spacial score (nSPS) is 10.4. The van der Waals surface area contributed by atoms with E-state index in [9.17, 15) is 9.59 Å². The van der Waals surface area contributed by atoms with E-state index in [4.69, 9.17) is 0 Å². The second kappa shape index (κ2) is 7.67. The summed E-state index contributed by atoms with van der Waals surface area (Å²) in [5.41, 5.74) is 5.89. The average Bonchev–Trinajstić information content (AvgIpc) is 2.79. The highest BCUT2D eigenvalue weighted by Gasteiger charge is 2.05. The molecule has 0 aliphatic carbocycles. The Labute approximate surface area is 161 Å². The van der Waals surface area contributed by atoms with Crippen molar-refractivity contribution in [3.8, 4) is 33.6 Å². The zero-order valence-corrected chi connectivity index (χ0v) is 14.7. The van der Waals surface area contributed by atoms with Gasteiger partial charge in [-0.3, -0.25) is 29.5 Å². The number of carbonyl (C=O) groups excluding carboxylic acids is 2. The average molecular weight is 366 g/mol. The molecule has 0 atom stereocenters. The van der Waals surface area contributed by atoms with E-state index in [1.54, 1.807) is 36.9 Å². The second-order valence-corrected chi connectivity index (χ2v) is 6.04. The number of hydrogen-bond donors (Lipinski definition) is 0. The Hall–Kier alpha value is -4.06. The van der Waals surface area contributed by atoms with E-state index in [2.05, 4.69) is 19.9 Å². The van der Waals surface area contributed by atoms with Gasteiger partial charge in [-0.05, 0) is 24.3 Å². The van der Waals surface area contributed by atoms with Crippen LogP contribution in [0, 0.1) is 0 Å². The van der Waals surface area contributed by atoms with Crippen LogP contribution < -0.4 is 0 Å². The van der Waals surface area contributed by atoms with Gasteiger partial charge < -0.3 is 0 Å². The first-order valence-electron chi connectivity index (χ1n) is 8.52. The van der Waals surface area contributed by atoms with Crippen molar-refractivity contribution in [1.82, 2.24) is 19.9 Å². The smallest absolute Gasteiger partial charge is 0.168 e. The Balaban J connectivity index is 1.55. The topological polar surface area (TPSA) is 85.7 Å². The van der Waals surface area contributed by atoms with Crippen LogP contribution in [0.2, 0.25) is 0 Å². The van der Waals surface area contributed by atoms with Crippen LogP contribution in [-0.4, -0.2) is 32.5 Å². The van der Waals surface area contributed by atoms with Crippen LogP contribution in [0.4, 0.5) is 0 Å². The largest absolute Gasteiger partial charge is 0.296 e. The Bertz CT molecular complexity index is 1010. The van der Waals surface area contributed by atoms with Crippen LogP contribution >= 0.6 is 0 Å².